The Morgan fingerprint density at radius 2 is 1.00 bits per heavy atom. The fraction of sp³-hybridized carbons (Fsp3) is 0.667. The number of nitrogens with zero attached hydrogens (tertiary/aromatic N) is 6. The first kappa shape index (κ1) is 15.3. The van der Waals surface area contributed by atoms with Crippen LogP contribution in [0, 0.1) is 0 Å². The minimum Gasteiger partial charge on any atom is -0.274 e. The Morgan fingerprint density at radius 3 is 1.32 bits per heavy atom. The fourth-order valence-corrected chi connectivity index (χ4v) is 1.11. The summed E-state index contributed by atoms with van der Waals surface area (Å²) >= 11 is 0. The van der Waals surface area contributed by atoms with Crippen molar-refractivity contribution in [3.63, 3.8) is 0 Å². The minimum atomic E-state index is 0.151. The first-order valence-electron chi connectivity index (χ1n) is 5.27. The SMILES string of the molecule is CON(C)c1nc(N(C)OC)nc(N(OC)OC)n1. The van der Waals surface area contributed by atoms with Gasteiger partial charge in [0, 0.05) is 14.1 Å². The van der Waals surface area contributed by atoms with Gasteiger partial charge in [0.1, 0.15) is 0 Å². The molecule has 0 saturated carbocycles. The topological polar surface area (TPSA) is 85.3 Å². The number of anilines is 3. The van der Waals surface area contributed by atoms with Gasteiger partial charge in [-0.25, -0.2) is 19.8 Å². The lowest BCUT2D eigenvalue weighted by molar-refractivity contribution is -0.0472. The molecule has 0 radical (unpaired) electrons. The molecule has 0 spiro atoms. The van der Waals surface area contributed by atoms with Crippen molar-refractivity contribution in [2.24, 2.45) is 0 Å². The van der Waals surface area contributed by atoms with Crippen molar-refractivity contribution >= 4 is 17.8 Å². The first-order valence-corrected chi connectivity index (χ1v) is 5.27. The minimum absolute atomic E-state index is 0.151. The van der Waals surface area contributed by atoms with Crippen LogP contribution in [0.1, 0.15) is 0 Å². The normalized spacial score (nSPS) is 10.4. The van der Waals surface area contributed by atoms with Crippen LogP contribution < -0.4 is 15.4 Å². The van der Waals surface area contributed by atoms with Crippen LogP contribution >= 0.6 is 0 Å². The molecule has 1 heterocycles. The molecule has 0 aliphatic rings. The maximum Gasteiger partial charge on any atom is 0.284 e. The number of hydroxylamine groups is 2. The van der Waals surface area contributed by atoms with E-state index in [-0.39, 0.29) is 17.8 Å². The first-order chi connectivity index (χ1) is 9.07. The van der Waals surface area contributed by atoms with Crippen LogP contribution in [-0.4, -0.2) is 57.5 Å². The third kappa shape index (κ3) is 3.61. The molecule has 19 heavy (non-hydrogen) atoms. The summed E-state index contributed by atoms with van der Waals surface area (Å²) in [5.41, 5.74) is 0. The Balaban J connectivity index is 3.22. The van der Waals surface area contributed by atoms with Gasteiger partial charge in [0.05, 0.1) is 28.4 Å². The van der Waals surface area contributed by atoms with Gasteiger partial charge >= 0.3 is 0 Å². The highest BCUT2D eigenvalue weighted by molar-refractivity contribution is 5.41. The van der Waals surface area contributed by atoms with Crippen molar-refractivity contribution in [2.75, 3.05) is 57.9 Å². The molecule has 0 saturated heterocycles. The van der Waals surface area contributed by atoms with E-state index in [1.807, 2.05) is 0 Å². The number of hydrogen-bond donors (Lipinski definition) is 0. The van der Waals surface area contributed by atoms with Crippen molar-refractivity contribution < 1.29 is 19.4 Å². The fourth-order valence-electron chi connectivity index (χ4n) is 1.11. The smallest absolute Gasteiger partial charge is 0.274 e. The summed E-state index contributed by atoms with van der Waals surface area (Å²) in [4.78, 5) is 32.4. The van der Waals surface area contributed by atoms with Crippen molar-refractivity contribution in [1.29, 1.82) is 0 Å². The van der Waals surface area contributed by atoms with Crippen molar-refractivity contribution in [2.45, 2.75) is 0 Å². The second-order valence-corrected chi connectivity index (χ2v) is 3.22. The Hall–Kier alpha value is -1.75. The lowest BCUT2D eigenvalue weighted by Crippen LogP contribution is -2.27. The van der Waals surface area contributed by atoms with Crippen LogP contribution in [0.4, 0.5) is 17.8 Å². The maximum absolute atomic E-state index is 5.03. The average molecular weight is 274 g/mol. The monoisotopic (exact) mass is 274 g/mol. The Morgan fingerprint density at radius 1 is 0.632 bits per heavy atom. The molecular formula is C9H18N6O4. The zero-order valence-corrected chi connectivity index (χ0v) is 11.8. The van der Waals surface area contributed by atoms with Crippen LogP contribution in [0.5, 0.6) is 0 Å². The molecule has 0 aromatic carbocycles. The molecule has 0 aliphatic carbocycles. The zero-order chi connectivity index (χ0) is 14.4. The van der Waals surface area contributed by atoms with Crippen LogP contribution in [0.15, 0.2) is 0 Å². The zero-order valence-electron chi connectivity index (χ0n) is 11.8. The van der Waals surface area contributed by atoms with Gasteiger partial charge in [-0.15, -0.1) is 0 Å². The highest BCUT2D eigenvalue weighted by Crippen LogP contribution is 2.17. The van der Waals surface area contributed by atoms with E-state index in [1.54, 1.807) is 14.1 Å². The van der Waals surface area contributed by atoms with E-state index in [0.29, 0.717) is 0 Å². The third-order valence-electron chi connectivity index (χ3n) is 2.21. The van der Waals surface area contributed by atoms with E-state index in [0.717, 1.165) is 5.23 Å². The number of hydrogen-bond acceptors (Lipinski definition) is 10. The van der Waals surface area contributed by atoms with Crippen LogP contribution in [0.3, 0.4) is 0 Å². The summed E-state index contributed by atoms with van der Waals surface area (Å²) in [6.07, 6.45) is 0. The summed E-state index contributed by atoms with van der Waals surface area (Å²) in [6.45, 7) is 0. The molecular weight excluding hydrogens is 256 g/mol. The Bertz CT molecular complexity index is 374. The van der Waals surface area contributed by atoms with Crippen molar-refractivity contribution in [1.82, 2.24) is 15.0 Å². The summed E-state index contributed by atoms with van der Waals surface area (Å²) < 4.78 is 0. The molecule has 0 unspecified atom stereocenters. The number of aromatic nitrogens is 3. The van der Waals surface area contributed by atoms with Gasteiger partial charge in [0.25, 0.3) is 17.8 Å². The van der Waals surface area contributed by atoms with Gasteiger partial charge in [0.15, 0.2) is 0 Å². The van der Waals surface area contributed by atoms with Crippen molar-refractivity contribution in [3.8, 4) is 0 Å². The Kier molecular flexibility index (Phi) is 5.63. The van der Waals surface area contributed by atoms with Crippen LogP contribution in [-0.2, 0) is 19.4 Å². The number of rotatable bonds is 7. The standard InChI is InChI=1S/C9H18N6O4/c1-13(16-3)7-10-8(14(2)17-4)12-9(11-7)15(18-5)19-6/h1-6H3. The molecule has 0 aliphatic heterocycles. The highest BCUT2D eigenvalue weighted by Gasteiger charge is 2.17. The lowest BCUT2D eigenvalue weighted by atomic mass is 10.8. The summed E-state index contributed by atoms with van der Waals surface area (Å²) in [5, 5.41) is 3.76. The van der Waals surface area contributed by atoms with Crippen LogP contribution in [0.2, 0.25) is 0 Å². The molecule has 0 atom stereocenters. The van der Waals surface area contributed by atoms with E-state index in [9.17, 15) is 0 Å². The van der Waals surface area contributed by atoms with Gasteiger partial charge in [-0.1, -0.05) is 5.23 Å². The van der Waals surface area contributed by atoms with E-state index in [1.165, 1.54) is 38.6 Å². The van der Waals surface area contributed by atoms with Crippen molar-refractivity contribution in [3.05, 3.63) is 0 Å². The highest BCUT2D eigenvalue weighted by atomic mass is 16.9. The summed E-state index contributed by atoms with van der Waals surface area (Å²) in [5.74, 6) is 0.689. The second kappa shape index (κ2) is 6.99. The van der Waals surface area contributed by atoms with E-state index >= 15 is 0 Å². The lowest BCUT2D eigenvalue weighted by Gasteiger charge is -2.21. The quantitative estimate of drug-likeness (QED) is 0.623. The predicted octanol–water partition coefficient (Wildman–Crippen LogP) is -0.204. The molecule has 10 nitrogen and oxygen atoms in total. The molecule has 108 valence electrons. The second-order valence-electron chi connectivity index (χ2n) is 3.22. The maximum atomic E-state index is 5.03. The molecule has 0 bridgehead atoms. The van der Waals surface area contributed by atoms with Gasteiger partial charge in [0.2, 0.25) is 0 Å². The Labute approximate surface area is 111 Å². The largest absolute Gasteiger partial charge is 0.284 e. The summed E-state index contributed by atoms with van der Waals surface area (Å²) in [7, 11) is 9.14. The molecule has 0 amide bonds. The summed E-state index contributed by atoms with van der Waals surface area (Å²) in [6, 6.07) is 0. The van der Waals surface area contributed by atoms with Crippen LogP contribution in [0.25, 0.3) is 0 Å². The predicted molar refractivity (Wildman–Crippen MR) is 67.1 cm³/mol. The van der Waals surface area contributed by atoms with Gasteiger partial charge in [-0.3, -0.25) is 9.68 Å². The van der Waals surface area contributed by atoms with Gasteiger partial charge in [-0.2, -0.15) is 15.0 Å². The molecule has 10 heteroatoms. The van der Waals surface area contributed by atoms with E-state index in [2.05, 4.69) is 15.0 Å². The molecule has 0 fully saturated rings. The molecule has 1 aromatic heterocycles. The average Bonchev–Trinajstić information content (AvgIpc) is 2.46. The molecule has 0 N–H and O–H groups in total. The van der Waals surface area contributed by atoms with Gasteiger partial charge < -0.3 is 0 Å². The molecule has 1 rings (SSSR count). The third-order valence-corrected chi connectivity index (χ3v) is 2.21. The van der Waals surface area contributed by atoms with E-state index in [4.69, 9.17) is 19.4 Å². The van der Waals surface area contributed by atoms with E-state index < -0.39 is 0 Å². The van der Waals surface area contributed by atoms with Gasteiger partial charge in [-0.05, 0) is 0 Å². The molecule has 1 aromatic rings.